The fourth-order valence-electron chi connectivity index (χ4n) is 3.79. The Kier molecular flexibility index (Phi) is 5.63. The van der Waals surface area contributed by atoms with Gasteiger partial charge in [-0.3, -0.25) is 0 Å². The molecule has 0 atom stereocenters. The van der Waals surface area contributed by atoms with E-state index >= 15 is 0 Å². The van der Waals surface area contributed by atoms with Crippen molar-refractivity contribution >= 4 is 34.0 Å². The molecule has 36 heavy (non-hydrogen) atoms. The minimum absolute atomic E-state index is 0.0265. The van der Waals surface area contributed by atoms with E-state index in [2.05, 4.69) is 20.3 Å². The van der Waals surface area contributed by atoms with E-state index < -0.39 is 17.6 Å². The number of benzene rings is 3. The summed E-state index contributed by atoms with van der Waals surface area (Å²) in [6.07, 6.45) is -4.41. The summed E-state index contributed by atoms with van der Waals surface area (Å²) in [7, 11) is 0. The Balaban J connectivity index is 1.46. The van der Waals surface area contributed by atoms with Gasteiger partial charge in [0.15, 0.2) is 0 Å². The average Bonchev–Trinajstić information content (AvgIpc) is 2.84. The smallest absolute Gasteiger partial charge is 0.398 e. The summed E-state index contributed by atoms with van der Waals surface area (Å²) in [5.41, 5.74) is 14.5. The average molecular weight is 490 g/mol. The molecule has 2 heterocycles. The summed E-state index contributed by atoms with van der Waals surface area (Å²) in [5, 5.41) is 3.75. The highest BCUT2D eigenvalue weighted by atomic mass is 19.4. The first-order valence-corrected chi connectivity index (χ1v) is 10.7. The van der Waals surface area contributed by atoms with Crippen LogP contribution in [0, 0.1) is 5.82 Å². The lowest BCUT2D eigenvalue weighted by atomic mass is 10.1. The molecule has 0 aliphatic rings. The molecule has 0 unspecified atom stereocenters. The second-order valence-corrected chi connectivity index (χ2v) is 8.01. The van der Waals surface area contributed by atoms with Gasteiger partial charge in [0, 0.05) is 34.0 Å². The Morgan fingerprint density at radius 3 is 2.22 bits per heavy atom. The van der Waals surface area contributed by atoms with Crippen LogP contribution in [0.15, 0.2) is 78.9 Å². The van der Waals surface area contributed by atoms with Crippen LogP contribution < -0.4 is 16.8 Å². The fraction of sp³-hybridized carbons (Fsp3) is 0.0385. The number of fused-ring (bicyclic) bond motifs is 1. The first-order chi connectivity index (χ1) is 17.2. The molecule has 5 rings (SSSR count). The highest BCUT2D eigenvalue weighted by Crippen LogP contribution is 2.33. The third-order valence-electron chi connectivity index (χ3n) is 5.51. The molecule has 3 aromatic carbocycles. The van der Waals surface area contributed by atoms with Gasteiger partial charge in [0.2, 0.25) is 5.95 Å². The lowest BCUT2D eigenvalue weighted by molar-refractivity contribution is -0.137. The van der Waals surface area contributed by atoms with Crippen LogP contribution in [0.1, 0.15) is 5.56 Å². The number of nitrogens with zero attached hydrogens (tertiary/aromatic N) is 3. The summed E-state index contributed by atoms with van der Waals surface area (Å²) >= 11 is 0. The number of alkyl halides is 3. The van der Waals surface area contributed by atoms with E-state index in [0.29, 0.717) is 45.0 Å². The maximum absolute atomic E-state index is 14.2. The Morgan fingerprint density at radius 2 is 1.50 bits per heavy atom. The Bertz CT molecular complexity index is 1580. The summed E-state index contributed by atoms with van der Waals surface area (Å²) in [5.74, 6) is -0.107. The molecule has 0 aliphatic heterocycles. The number of nitrogens with two attached hydrogens (primary N) is 2. The predicted octanol–water partition coefficient (Wildman–Crippen LogP) is 6.42. The maximum Gasteiger partial charge on any atom is 0.416 e. The molecule has 2 aromatic heterocycles. The van der Waals surface area contributed by atoms with E-state index in [0.717, 1.165) is 12.1 Å². The Labute approximate surface area is 202 Å². The van der Waals surface area contributed by atoms with Crippen LogP contribution in [0.4, 0.5) is 40.7 Å². The minimum Gasteiger partial charge on any atom is -0.398 e. The normalized spacial score (nSPS) is 11.6. The van der Waals surface area contributed by atoms with Crippen LogP contribution in [-0.4, -0.2) is 15.0 Å². The van der Waals surface area contributed by atoms with Crippen molar-refractivity contribution in [3.63, 3.8) is 0 Å². The van der Waals surface area contributed by atoms with Gasteiger partial charge in [-0.05, 0) is 48.5 Å². The van der Waals surface area contributed by atoms with E-state index in [1.807, 2.05) is 0 Å². The number of anilines is 4. The molecule has 0 bridgehead atoms. The molecule has 0 amide bonds. The van der Waals surface area contributed by atoms with Gasteiger partial charge in [-0.2, -0.15) is 18.2 Å². The van der Waals surface area contributed by atoms with Gasteiger partial charge < -0.3 is 16.8 Å². The van der Waals surface area contributed by atoms with Gasteiger partial charge in [0.1, 0.15) is 11.6 Å². The number of rotatable bonds is 4. The lowest BCUT2D eigenvalue weighted by Gasteiger charge is -2.12. The third kappa shape index (κ3) is 4.61. The molecule has 0 fully saturated rings. The SMILES string of the molecule is Nc1nc(Nc2ccc3nc(-c4ccc(C(F)(F)F)cc4)cc(N)c3c2)cc(-c2ccccc2F)n1. The van der Waals surface area contributed by atoms with E-state index in [1.165, 1.54) is 18.2 Å². The monoisotopic (exact) mass is 490 g/mol. The quantitative estimate of drug-likeness (QED) is 0.251. The van der Waals surface area contributed by atoms with Crippen LogP contribution in [-0.2, 0) is 6.18 Å². The first kappa shape index (κ1) is 23.0. The Morgan fingerprint density at radius 1 is 0.750 bits per heavy atom. The molecule has 10 heteroatoms. The first-order valence-electron chi connectivity index (χ1n) is 10.7. The summed E-state index contributed by atoms with van der Waals surface area (Å²) in [6, 6.07) is 19.4. The van der Waals surface area contributed by atoms with E-state index in [-0.39, 0.29) is 11.5 Å². The van der Waals surface area contributed by atoms with Gasteiger partial charge in [-0.15, -0.1) is 0 Å². The van der Waals surface area contributed by atoms with Gasteiger partial charge in [-0.1, -0.05) is 24.3 Å². The largest absolute Gasteiger partial charge is 0.416 e. The number of aromatic nitrogens is 3. The van der Waals surface area contributed by atoms with Crippen molar-refractivity contribution in [1.29, 1.82) is 0 Å². The van der Waals surface area contributed by atoms with Crippen molar-refractivity contribution in [2.45, 2.75) is 6.18 Å². The number of nitrogen functional groups attached to an aromatic ring is 2. The van der Waals surface area contributed by atoms with E-state index in [1.54, 1.807) is 48.5 Å². The van der Waals surface area contributed by atoms with Crippen molar-refractivity contribution in [2.24, 2.45) is 0 Å². The highest BCUT2D eigenvalue weighted by molar-refractivity contribution is 5.95. The molecular formula is C26H18F4N6. The topological polar surface area (TPSA) is 103 Å². The molecule has 180 valence electrons. The number of pyridine rings is 1. The molecule has 5 N–H and O–H groups in total. The maximum atomic E-state index is 14.2. The molecule has 0 radical (unpaired) electrons. The standard InChI is InChI=1S/C26H18F4N6/c27-19-4-2-1-3-17(19)23-13-24(36-25(32)35-23)33-16-9-10-21-18(11-16)20(31)12-22(34-21)14-5-7-15(8-6-14)26(28,29)30/h1-13H,(H2,31,34)(H3,32,33,35,36). The predicted molar refractivity (Wildman–Crippen MR) is 132 cm³/mol. The van der Waals surface area contributed by atoms with Crippen LogP contribution in [0.25, 0.3) is 33.4 Å². The van der Waals surface area contributed by atoms with Gasteiger partial charge >= 0.3 is 6.18 Å². The van der Waals surface area contributed by atoms with Crippen LogP contribution >= 0.6 is 0 Å². The van der Waals surface area contributed by atoms with E-state index in [9.17, 15) is 17.6 Å². The molecule has 0 aliphatic carbocycles. The number of halogens is 4. The zero-order valence-electron chi connectivity index (χ0n) is 18.5. The van der Waals surface area contributed by atoms with Crippen molar-refractivity contribution in [2.75, 3.05) is 16.8 Å². The summed E-state index contributed by atoms with van der Waals surface area (Å²) in [6.45, 7) is 0. The number of nitrogens with one attached hydrogen (secondary N) is 1. The summed E-state index contributed by atoms with van der Waals surface area (Å²) < 4.78 is 52.8. The lowest BCUT2D eigenvalue weighted by Crippen LogP contribution is -2.04. The molecule has 6 nitrogen and oxygen atoms in total. The van der Waals surface area contributed by atoms with Gasteiger partial charge in [0.05, 0.1) is 22.5 Å². The molecule has 0 saturated heterocycles. The summed E-state index contributed by atoms with van der Waals surface area (Å²) in [4.78, 5) is 12.8. The Hall–Kier alpha value is -4.73. The minimum atomic E-state index is -4.41. The second-order valence-electron chi connectivity index (χ2n) is 8.01. The van der Waals surface area contributed by atoms with Crippen molar-refractivity contribution in [1.82, 2.24) is 15.0 Å². The van der Waals surface area contributed by atoms with E-state index in [4.69, 9.17) is 11.5 Å². The third-order valence-corrected chi connectivity index (χ3v) is 5.51. The molecule has 0 saturated carbocycles. The van der Waals surface area contributed by atoms with Crippen molar-refractivity contribution in [3.8, 4) is 22.5 Å². The van der Waals surface area contributed by atoms with Crippen LogP contribution in [0.3, 0.4) is 0 Å². The second kappa shape index (κ2) is 8.81. The zero-order valence-corrected chi connectivity index (χ0v) is 18.5. The van der Waals surface area contributed by atoms with Gasteiger partial charge in [-0.25, -0.2) is 14.4 Å². The molecule has 5 aromatic rings. The van der Waals surface area contributed by atoms with Gasteiger partial charge in [0.25, 0.3) is 0 Å². The van der Waals surface area contributed by atoms with Crippen molar-refractivity contribution in [3.05, 3.63) is 90.2 Å². The number of hydrogen-bond acceptors (Lipinski definition) is 6. The molecule has 0 spiro atoms. The molecular weight excluding hydrogens is 472 g/mol. The zero-order chi connectivity index (χ0) is 25.4. The van der Waals surface area contributed by atoms with Crippen LogP contribution in [0.2, 0.25) is 0 Å². The fourth-order valence-corrected chi connectivity index (χ4v) is 3.79. The highest BCUT2D eigenvalue weighted by Gasteiger charge is 2.30. The van der Waals surface area contributed by atoms with Crippen LogP contribution in [0.5, 0.6) is 0 Å². The number of hydrogen-bond donors (Lipinski definition) is 3. The van der Waals surface area contributed by atoms with Crippen molar-refractivity contribution < 1.29 is 17.6 Å².